The predicted molar refractivity (Wildman–Crippen MR) is 134 cm³/mol. The lowest BCUT2D eigenvalue weighted by Crippen LogP contribution is -2.52. The van der Waals surface area contributed by atoms with Crippen molar-refractivity contribution in [3.63, 3.8) is 0 Å². The molecule has 2 aromatic rings. The van der Waals surface area contributed by atoms with Crippen LogP contribution in [0, 0.1) is 13.8 Å². The molecule has 1 fully saturated rings. The zero-order chi connectivity index (χ0) is 24.7. The minimum atomic E-state index is -0.586. The number of methoxy groups -OCH3 is 1. The van der Waals surface area contributed by atoms with Gasteiger partial charge in [0.2, 0.25) is 5.91 Å². The van der Waals surface area contributed by atoms with Gasteiger partial charge in [-0.05, 0) is 74.1 Å². The maximum absolute atomic E-state index is 13.4. The summed E-state index contributed by atoms with van der Waals surface area (Å²) < 4.78 is 11.2. The molecule has 184 valence electrons. The maximum atomic E-state index is 13.4. The summed E-state index contributed by atoms with van der Waals surface area (Å²) in [6.45, 7) is 5.85. The van der Waals surface area contributed by atoms with Gasteiger partial charge in [0.25, 0.3) is 5.91 Å². The van der Waals surface area contributed by atoms with E-state index in [0.29, 0.717) is 22.9 Å². The smallest absolute Gasteiger partial charge is 0.261 e. The van der Waals surface area contributed by atoms with Crippen molar-refractivity contribution in [3.05, 3.63) is 58.1 Å². The van der Waals surface area contributed by atoms with Crippen LogP contribution in [0.15, 0.2) is 36.4 Å². The molecule has 0 spiro atoms. The quantitative estimate of drug-likeness (QED) is 0.500. The van der Waals surface area contributed by atoms with Gasteiger partial charge in [0, 0.05) is 17.6 Å². The molecule has 2 aromatic carbocycles. The summed E-state index contributed by atoms with van der Waals surface area (Å²) in [5.74, 6) is 0.930. The van der Waals surface area contributed by atoms with Crippen molar-refractivity contribution in [2.45, 2.75) is 71.5 Å². The second-order valence-electron chi connectivity index (χ2n) is 8.95. The van der Waals surface area contributed by atoms with Gasteiger partial charge in [-0.2, -0.15) is 0 Å². The van der Waals surface area contributed by atoms with Gasteiger partial charge in [-0.3, -0.25) is 9.59 Å². The van der Waals surface area contributed by atoms with Crippen LogP contribution < -0.4 is 14.8 Å². The Morgan fingerprint density at radius 1 is 1.12 bits per heavy atom. The van der Waals surface area contributed by atoms with Crippen LogP contribution in [0.25, 0.3) is 0 Å². The molecule has 1 atom stereocenters. The first-order valence-corrected chi connectivity index (χ1v) is 12.3. The molecule has 0 unspecified atom stereocenters. The minimum absolute atomic E-state index is 0.108. The Kier molecular flexibility index (Phi) is 9.22. The second-order valence-corrected chi connectivity index (χ2v) is 9.32. The zero-order valence-electron chi connectivity index (χ0n) is 20.5. The van der Waals surface area contributed by atoms with E-state index < -0.39 is 6.04 Å². The normalized spacial score (nSPS) is 14.5. The monoisotopic (exact) mass is 486 g/mol. The van der Waals surface area contributed by atoms with Gasteiger partial charge in [0.1, 0.15) is 17.5 Å². The average Bonchev–Trinajstić information content (AvgIpc) is 3.33. The Labute approximate surface area is 207 Å². The first-order valence-electron chi connectivity index (χ1n) is 11.9. The molecule has 0 saturated heterocycles. The number of carbonyl (C=O) groups excluding carboxylic acids is 2. The molecule has 0 radical (unpaired) electrons. The number of nitrogens with one attached hydrogen (secondary N) is 1. The van der Waals surface area contributed by atoms with Crippen molar-refractivity contribution in [2.24, 2.45) is 0 Å². The fourth-order valence-corrected chi connectivity index (χ4v) is 4.58. The lowest BCUT2D eigenvalue weighted by atomic mass is 10.1. The van der Waals surface area contributed by atoms with E-state index in [1.807, 2.05) is 57.2 Å². The topological polar surface area (TPSA) is 67.9 Å². The summed E-state index contributed by atoms with van der Waals surface area (Å²) in [5.41, 5.74) is 2.66. The van der Waals surface area contributed by atoms with Crippen molar-refractivity contribution in [3.8, 4) is 11.5 Å². The highest BCUT2D eigenvalue weighted by molar-refractivity contribution is 6.32. The first-order chi connectivity index (χ1) is 16.3. The van der Waals surface area contributed by atoms with E-state index in [2.05, 4.69) is 5.32 Å². The summed E-state index contributed by atoms with van der Waals surface area (Å²) in [7, 11) is 1.61. The van der Waals surface area contributed by atoms with Gasteiger partial charge < -0.3 is 19.7 Å². The number of aryl methyl sites for hydroxylation is 2. The van der Waals surface area contributed by atoms with Gasteiger partial charge in [0.05, 0.1) is 7.11 Å². The number of hydrogen-bond donors (Lipinski definition) is 1. The number of benzene rings is 2. The highest BCUT2D eigenvalue weighted by atomic mass is 35.5. The zero-order valence-corrected chi connectivity index (χ0v) is 21.3. The summed E-state index contributed by atoms with van der Waals surface area (Å²) in [6, 6.07) is 10.8. The first kappa shape index (κ1) is 25.9. The SMILES string of the molecule is CC[C@H](C(=O)NC1CCCC1)N(Cc1cccc(OC)c1)C(=O)COc1cc(C)c(Cl)c(C)c1. The van der Waals surface area contributed by atoms with E-state index in [-0.39, 0.29) is 31.0 Å². The van der Waals surface area contributed by atoms with Crippen molar-refractivity contribution in [2.75, 3.05) is 13.7 Å². The van der Waals surface area contributed by atoms with Gasteiger partial charge in [-0.1, -0.05) is 43.5 Å². The Morgan fingerprint density at radius 3 is 2.41 bits per heavy atom. The molecule has 0 heterocycles. The van der Waals surface area contributed by atoms with Crippen LogP contribution in [-0.4, -0.2) is 42.5 Å². The molecule has 1 aliphatic rings. The molecule has 0 aromatic heterocycles. The molecule has 7 heteroatoms. The fourth-order valence-electron chi connectivity index (χ4n) is 4.47. The van der Waals surface area contributed by atoms with Gasteiger partial charge >= 0.3 is 0 Å². The van der Waals surface area contributed by atoms with Crippen LogP contribution in [0.3, 0.4) is 0 Å². The number of halogens is 1. The minimum Gasteiger partial charge on any atom is -0.497 e. The fraction of sp³-hybridized carbons (Fsp3) is 0.481. The van der Waals surface area contributed by atoms with E-state index in [9.17, 15) is 9.59 Å². The van der Waals surface area contributed by atoms with Gasteiger partial charge in [0.15, 0.2) is 6.61 Å². The number of nitrogens with zero attached hydrogens (tertiary/aromatic N) is 1. The molecule has 2 amide bonds. The summed E-state index contributed by atoms with van der Waals surface area (Å²) in [4.78, 5) is 28.2. The summed E-state index contributed by atoms with van der Waals surface area (Å²) in [5, 5.41) is 3.84. The molecule has 0 bridgehead atoms. The largest absolute Gasteiger partial charge is 0.497 e. The summed E-state index contributed by atoms with van der Waals surface area (Å²) in [6.07, 6.45) is 4.74. The molecule has 0 aliphatic heterocycles. The Balaban J connectivity index is 1.79. The van der Waals surface area contributed by atoms with Crippen molar-refractivity contribution in [1.29, 1.82) is 0 Å². The molecule has 34 heavy (non-hydrogen) atoms. The molecule has 6 nitrogen and oxygen atoms in total. The highest BCUT2D eigenvalue weighted by Gasteiger charge is 2.31. The van der Waals surface area contributed by atoms with Crippen molar-refractivity contribution >= 4 is 23.4 Å². The third-order valence-corrected chi connectivity index (χ3v) is 6.94. The Bertz CT molecular complexity index is 981. The van der Waals surface area contributed by atoms with Crippen molar-refractivity contribution < 1.29 is 19.1 Å². The molecule has 1 saturated carbocycles. The third kappa shape index (κ3) is 6.66. The lowest BCUT2D eigenvalue weighted by Gasteiger charge is -2.31. The molecule has 1 N–H and O–H groups in total. The number of ether oxygens (including phenoxy) is 2. The second kappa shape index (κ2) is 12.1. The number of rotatable bonds is 10. The van der Waals surface area contributed by atoms with Crippen molar-refractivity contribution in [1.82, 2.24) is 10.2 Å². The molecular formula is C27H35ClN2O4. The molecule has 1 aliphatic carbocycles. The Morgan fingerprint density at radius 2 is 1.79 bits per heavy atom. The highest BCUT2D eigenvalue weighted by Crippen LogP contribution is 2.26. The van der Waals surface area contributed by atoms with Crippen LogP contribution in [0.4, 0.5) is 0 Å². The molecular weight excluding hydrogens is 452 g/mol. The molecule has 3 rings (SSSR count). The lowest BCUT2D eigenvalue weighted by molar-refractivity contribution is -0.143. The van der Waals surface area contributed by atoms with E-state index in [0.717, 1.165) is 42.4 Å². The standard InChI is InChI=1S/C27H35ClN2O4/c1-5-24(27(32)29-21-10-6-7-11-21)30(16-20-9-8-12-22(15-20)33-4)25(31)17-34-23-13-18(2)26(28)19(3)14-23/h8-9,12-15,21,24H,5-7,10-11,16-17H2,1-4H3,(H,29,32)/t24-/m1/s1. The van der Waals surface area contributed by atoms with Gasteiger partial charge in [-0.25, -0.2) is 0 Å². The van der Waals surface area contributed by atoms with Crippen LogP contribution in [-0.2, 0) is 16.1 Å². The van der Waals surface area contributed by atoms with Crippen LogP contribution in [0.5, 0.6) is 11.5 Å². The summed E-state index contributed by atoms with van der Waals surface area (Å²) >= 11 is 6.26. The van der Waals surface area contributed by atoms with Gasteiger partial charge in [-0.15, -0.1) is 0 Å². The number of carbonyl (C=O) groups is 2. The van der Waals surface area contributed by atoms with E-state index in [1.54, 1.807) is 12.0 Å². The Hall–Kier alpha value is -2.73. The van der Waals surface area contributed by atoms with Crippen LogP contribution in [0.2, 0.25) is 5.02 Å². The third-order valence-electron chi connectivity index (χ3n) is 6.35. The van der Waals surface area contributed by atoms with E-state index >= 15 is 0 Å². The van der Waals surface area contributed by atoms with E-state index in [4.69, 9.17) is 21.1 Å². The maximum Gasteiger partial charge on any atom is 0.261 e. The van der Waals surface area contributed by atoms with Crippen LogP contribution in [0.1, 0.15) is 55.7 Å². The number of hydrogen-bond acceptors (Lipinski definition) is 4. The predicted octanol–water partition coefficient (Wildman–Crippen LogP) is 5.21. The average molecular weight is 487 g/mol. The van der Waals surface area contributed by atoms with Crippen LogP contribution >= 0.6 is 11.6 Å². The van der Waals surface area contributed by atoms with E-state index in [1.165, 1.54) is 0 Å². The number of amides is 2.